The third-order valence-electron chi connectivity index (χ3n) is 3.50. The predicted molar refractivity (Wildman–Crippen MR) is 102 cm³/mol. The summed E-state index contributed by atoms with van der Waals surface area (Å²) in [7, 11) is 0. The number of thioether (sulfide) groups is 1. The van der Waals surface area contributed by atoms with Crippen LogP contribution in [0.4, 0.5) is 4.39 Å². The van der Waals surface area contributed by atoms with Crippen molar-refractivity contribution in [2.45, 2.75) is 5.75 Å². The number of hydrogen-bond donors (Lipinski definition) is 0. The summed E-state index contributed by atoms with van der Waals surface area (Å²) in [5.41, 5.74) is 0.851. The molecule has 132 valence electrons. The zero-order chi connectivity index (χ0) is 18.4. The lowest BCUT2D eigenvalue weighted by Gasteiger charge is -2.06. The van der Waals surface area contributed by atoms with E-state index in [0.29, 0.717) is 16.9 Å². The highest BCUT2D eigenvalue weighted by molar-refractivity contribution is 7.99. The highest BCUT2D eigenvalue weighted by Crippen LogP contribution is 2.19. The van der Waals surface area contributed by atoms with E-state index in [1.54, 1.807) is 35.6 Å². The SMILES string of the molecule is O=C(CSCc1cccs1)Oc1ccc(C(=O)c2ccc(F)cc2)cc1. The Morgan fingerprint density at radius 1 is 0.962 bits per heavy atom. The monoisotopic (exact) mass is 386 g/mol. The molecular weight excluding hydrogens is 371 g/mol. The third kappa shape index (κ3) is 5.03. The summed E-state index contributed by atoms with van der Waals surface area (Å²) < 4.78 is 18.2. The second-order valence-corrected chi connectivity index (χ2v) is 7.42. The summed E-state index contributed by atoms with van der Waals surface area (Å²) in [6.07, 6.45) is 0. The first-order chi connectivity index (χ1) is 12.6. The van der Waals surface area contributed by atoms with Gasteiger partial charge in [0.25, 0.3) is 0 Å². The summed E-state index contributed by atoms with van der Waals surface area (Å²) in [5, 5.41) is 2.00. The first-order valence-corrected chi connectivity index (χ1v) is 9.86. The number of ether oxygens (including phenoxy) is 1. The van der Waals surface area contributed by atoms with Gasteiger partial charge in [0.15, 0.2) is 5.78 Å². The van der Waals surface area contributed by atoms with Crippen LogP contribution in [0.3, 0.4) is 0 Å². The Labute approximate surface area is 158 Å². The van der Waals surface area contributed by atoms with Crippen LogP contribution in [0, 0.1) is 5.82 Å². The minimum Gasteiger partial charge on any atom is -0.426 e. The average molecular weight is 386 g/mol. The Hall–Kier alpha value is -2.44. The van der Waals surface area contributed by atoms with Crippen molar-refractivity contribution in [1.29, 1.82) is 0 Å². The number of rotatable bonds is 7. The van der Waals surface area contributed by atoms with E-state index < -0.39 is 0 Å². The summed E-state index contributed by atoms with van der Waals surface area (Å²) in [5.74, 6) is 0.494. The van der Waals surface area contributed by atoms with Gasteiger partial charge in [-0.05, 0) is 60.0 Å². The van der Waals surface area contributed by atoms with Crippen molar-refractivity contribution < 1.29 is 18.7 Å². The number of carbonyl (C=O) groups excluding carboxylic acids is 2. The Bertz CT molecular complexity index is 872. The molecule has 0 saturated heterocycles. The van der Waals surface area contributed by atoms with Crippen LogP contribution in [-0.2, 0) is 10.5 Å². The topological polar surface area (TPSA) is 43.4 Å². The van der Waals surface area contributed by atoms with Gasteiger partial charge in [-0.15, -0.1) is 23.1 Å². The van der Waals surface area contributed by atoms with Crippen LogP contribution in [0.2, 0.25) is 0 Å². The molecular formula is C20H15FO3S2. The minimum absolute atomic E-state index is 0.214. The van der Waals surface area contributed by atoms with Gasteiger partial charge in [0, 0.05) is 21.8 Å². The van der Waals surface area contributed by atoms with E-state index in [2.05, 4.69) is 0 Å². The number of thiophene rings is 1. The van der Waals surface area contributed by atoms with Gasteiger partial charge in [-0.2, -0.15) is 0 Å². The fourth-order valence-electron chi connectivity index (χ4n) is 2.23. The summed E-state index contributed by atoms with van der Waals surface area (Å²) in [4.78, 5) is 25.4. The Morgan fingerprint density at radius 2 is 1.62 bits per heavy atom. The zero-order valence-electron chi connectivity index (χ0n) is 13.7. The molecule has 3 aromatic rings. The smallest absolute Gasteiger partial charge is 0.321 e. The fraction of sp³-hybridized carbons (Fsp3) is 0.100. The van der Waals surface area contributed by atoms with E-state index in [1.807, 2.05) is 17.5 Å². The van der Waals surface area contributed by atoms with Crippen molar-refractivity contribution in [3.05, 3.63) is 87.9 Å². The highest BCUT2D eigenvalue weighted by atomic mass is 32.2. The molecule has 3 nitrogen and oxygen atoms in total. The molecule has 6 heteroatoms. The summed E-state index contributed by atoms with van der Waals surface area (Å²) >= 11 is 3.15. The number of esters is 1. The van der Waals surface area contributed by atoms with Crippen LogP contribution >= 0.6 is 23.1 Å². The number of ketones is 1. The summed E-state index contributed by atoms with van der Waals surface area (Å²) in [6.45, 7) is 0. The number of carbonyl (C=O) groups is 2. The molecule has 0 amide bonds. The minimum atomic E-state index is -0.388. The Morgan fingerprint density at radius 3 is 2.23 bits per heavy atom. The van der Waals surface area contributed by atoms with E-state index in [1.165, 1.54) is 40.9 Å². The molecule has 0 bridgehead atoms. The van der Waals surface area contributed by atoms with Crippen LogP contribution in [0.5, 0.6) is 5.75 Å². The molecule has 0 aliphatic carbocycles. The first-order valence-electron chi connectivity index (χ1n) is 7.83. The van der Waals surface area contributed by atoms with Crippen LogP contribution in [0.25, 0.3) is 0 Å². The maximum atomic E-state index is 12.9. The van der Waals surface area contributed by atoms with Crippen LogP contribution < -0.4 is 4.74 Å². The third-order valence-corrected chi connectivity index (χ3v) is 5.51. The molecule has 3 rings (SSSR count). The van der Waals surface area contributed by atoms with Gasteiger partial charge in [0.2, 0.25) is 0 Å². The largest absolute Gasteiger partial charge is 0.426 e. The first kappa shape index (κ1) is 18.4. The number of halogens is 1. The number of hydrogen-bond acceptors (Lipinski definition) is 5. The van der Waals surface area contributed by atoms with Crippen molar-refractivity contribution in [3.63, 3.8) is 0 Å². The van der Waals surface area contributed by atoms with E-state index in [-0.39, 0.29) is 23.3 Å². The summed E-state index contributed by atoms with van der Waals surface area (Å²) in [6, 6.07) is 15.7. The molecule has 2 aromatic carbocycles. The second-order valence-electron chi connectivity index (χ2n) is 5.41. The molecule has 1 aromatic heterocycles. The van der Waals surface area contributed by atoms with E-state index >= 15 is 0 Å². The molecule has 0 aliphatic rings. The molecule has 0 atom stereocenters. The maximum absolute atomic E-state index is 12.9. The molecule has 0 spiro atoms. The highest BCUT2D eigenvalue weighted by Gasteiger charge is 2.11. The van der Waals surface area contributed by atoms with E-state index in [9.17, 15) is 14.0 Å². The lowest BCUT2D eigenvalue weighted by Crippen LogP contribution is -2.11. The Kier molecular flexibility index (Phi) is 6.20. The predicted octanol–water partition coefficient (Wildman–Crippen LogP) is 4.96. The maximum Gasteiger partial charge on any atom is 0.321 e. The van der Waals surface area contributed by atoms with Gasteiger partial charge in [-0.3, -0.25) is 9.59 Å². The van der Waals surface area contributed by atoms with E-state index in [4.69, 9.17) is 4.74 Å². The molecule has 0 fully saturated rings. The standard InChI is InChI=1S/C20H15FO3S2/c21-16-7-3-14(4-8-16)20(23)15-5-9-17(10-6-15)24-19(22)13-25-12-18-2-1-11-26-18/h1-11H,12-13H2. The van der Waals surface area contributed by atoms with Crippen molar-refractivity contribution in [1.82, 2.24) is 0 Å². The van der Waals surface area contributed by atoms with Crippen LogP contribution in [0.15, 0.2) is 66.0 Å². The zero-order valence-corrected chi connectivity index (χ0v) is 15.3. The van der Waals surface area contributed by atoms with Gasteiger partial charge in [-0.1, -0.05) is 6.07 Å². The van der Waals surface area contributed by atoms with Gasteiger partial charge in [-0.25, -0.2) is 4.39 Å². The fourth-order valence-corrected chi connectivity index (χ4v) is 3.87. The van der Waals surface area contributed by atoms with Crippen LogP contribution in [-0.4, -0.2) is 17.5 Å². The normalized spacial score (nSPS) is 10.5. The van der Waals surface area contributed by atoms with Crippen molar-refractivity contribution in [3.8, 4) is 5.75 Å². The molecule has 0 unspecified atom stereocenters. The number of benzene rings is 2. The molecule has 26 heavy (non-hydrogen) atoms. The average Bonchev–Trinajstić information content (AvgIpc) is 3.16. The molecule has 0 saturated carbocycles. The van der Waals surface area contributed by atoms with Crippen LogP contribution in [0.1, 0.15) is 20.8 Å². The molecule has 0 N–H and O–H groups in total. The van der Waals surface area contributed by atoms with Gasteiger partial charge in [0.05, 0.1) is 5.75 Å². The second kappa shape index (κ2) is 8.78. The van der Waals surface area contributed by atoms with E-state index in [0.717, 1.165) is 5.75 Å². The van der Waals surface area contributed by atoms with Crippen molar-refractivity contribution in [2.75, 3.05) is 5.75 Å². The van der Waals surface area contributed by atoms with Gasteiger partial charge < -0.3 is 4.74 Å². The lowest BCUT2D eigenvalue weighted by molar-refractivity contribution is -0.131. The van der Waals surface area contributed by atoms with Crippen molar-refractivity contribution in [2.24, 2.45) is 0 Å². The van der Waals surface area contributed by atoms with Gasteiger partial charge >= 0.3 is 5.97 Å². The quantitative estimate of drug-likeness (QED) is 0.327. The van der Waals surface area contributed by atoms with Crippen molar-refractivity contribution >= 4 is 34.9 Å². The molecule has 0 radical (unpaired) electrons. The van der Waals surface area contributed by atoms with Gasteiger partial charge in [0.1, 0.15) is 11.6 Å². The Balaban J connectivity index is 1.52. The molecule has 0 aliphatic heterocycles. The lowest BCUT2D eigenvalue weighted by atomic mass is 10.0. The molecule has 1 heterocycles.